The Balaban J connectivity index is 1.53. The first-order valence-corrected chi connectivity index (χ1v) is 9.38. The summed E-state index contributed by atoms with van der Waals surface area (Å²) in [5.41, 5.74) is 3.61. The summed E-state index contributed by atoms with van der Waals surface area (Å²) in [7, 11) is 0. The Bertz CT molecular complexity index is 1120. The van der Waals surface area contributed by atoms with Crippen LogP contribution in [0.2, 0.25) is 0 Å². The number of pyridine rings is 1. The molecule has 0 aliphatic carbocycles. The second kappa shape index (κ2) is 7.16. The molecule has 1 amide bonds. The average Bonchev–Trinajstić information content (AvgIpc) is 3.33. The Labute approximate surface area is 159 Å². The fourth-order valence-corrected chi connectivity index (χ4v) is 3.48. The number of rotatable bonds is 5. The molecule has 8 heteroatoms. The molecule has 27 heavy (non-hydrogen) atoms. The summed E-state index contributed by atoms with van der Waals surface area (Å²) in [6.07, 6.45) is 4.14. The lowest BCUT2D eigenvalue weighted by Crippen LogP contribution is -2.11. The normalized spacial score (nSPS) is 10.9. The van der Waals surface area contributed by atoms with Crippen molar-refractivity contribution in [2.24, 2.45) is 0 Å². The Morgan fingerprint density at radius 2 is 2.11 bits per heavy atom. The van der Waals surface area contributed by atoms with Crippen molar-refractivity contribution >= 4 is 44.8 Å². The van der Waals surface area contributed by atoms with Crippen LogP contribution in [0.15, 0.2) is 42.7 Å². The highest BCUT2D eigenvalue weighted by molar-refractivity contribution is 7.17. The van der Waals surface area contributed by atoms with Gasteiger partial charge in [0.2, 0.25) is 0 Å². The zero-order chi connectivity index (χ0) is 18.8. The number of carbonyl (C=O) groups is 1. The molecule has 0 bridgehead atoms. The van der Waals surface area contributed by atoms with Crippen LogP contribution in [0.25, 0.3) is 10.9 Å². The number of hydrogen-bond donors (Lipinski definition) is 3. The molecule has 7 nitrogen and oxygen atoms in total. The van der Waals surface area contributed by atoms with Crippen LogP contribution in [0.4, 0.5) is 16.6 Å². The molecule has 0 saturated heterocycles. The van der Waals surface area contributed by atoms with Crippen molar-refractivity contribution < 1.29 is 4.79 Å². The molecule has 3 N–H and O–H groups in total. The molecule has 4 rings (SSSR count). The van der Waals surface area contributed by atoms with Crippen molar-refractivity contribution in [3.05, 3.63) is 58.9 Å². The Kier molecular flexibility index (Phi) is 4.55. The van der Waals surface area contributed by atoms with Gasteiger partial charge in [-0.3, -0.25) is 9.89 Å². The van der Waals surface area contributed by atoms with Crippen LogP contribution in [0.1, 0.15) is 27.9 Å². The van der Waals surface area contributed by atoms with Crippen molar-refractivity contribution in [3.63, 3.8) is 0 Å². The third kappa shape index (κ3) is 3.52. The quantitative estimate of drug-likeness (QED) is 0.482. The van der Waals surface area contributed by atoms with E-state index in [0.29, 0.717) is 10.0 Å². The molecule has 0 saturated carbocycles. The van der Waals surface area contributed by atoms with Gasteiger partial charge in [0.15, 0.2) is 5.13 Å². The van der Waals surface area contributed by atoms with E-state index in [9.17, 15) is 4.79 Å². The van der Waals surface area contributed by atoms with Crippen LogP contribution < -0.4 is 10.6 Å². The van der Waals surface area contributed by atoms with E-state index in [0.717, 1.165) is 40.1 Å². The van der Waals surface area contributed by atoms with Crippen molar-refractivity contribution in [2.75, 3.05) is 10.6 Å². The molecule has 0 atom stereocenters. The molecule has 0 aliphatic heterocycles. The second-order valence-electron chi connectivity index (χ2n) is 6.07. The van der Waals surface area contributed by atoms with E-state index in [-0.39, 0.29) is 5.91 Å². The maximum absolute atomic E-state index is 12.7. The van der Waals surface area contributed by atoms with Gasteiger partial charge < -0.3 is 10.6 Å². The number of aryl methyl sites for hydroxylation is 2. The van der Waals surface area contributed by atoms with Gasteiger partial charge in [-0.05, 0) is 37.1 Å². The summed E-state index contributed by atoms with van der Waals surface area (Å²) in [6.45, 7) is 4.01. The van der Waals surface area contributed by atoms with E-state index in [1.807, 2.05) is 37.3 Å². The first-order valence-electron chi connectivity index (χ1n) is 8.57. The number of carbonyl (C=O) groups excluding carboxylic acids is 1. The monoisotopic (exact) mass is 378 g/mol. The highest BCUT2D eigenvalue weighted by Gasteiger charge is 2.15. The maximum atomic E-state index is 12.7. The standard InChI is InChI=1S/C19H18N6OS/c1-3-12-5-4-6-16(22-12)23-19-20-10-15(27-19)18(26)24-17-11(2)7-8-14-13(17)9-21-25-14/h4-10H,3H2,1-2H3,(H,21,25)(H,24,26)(H,20,22,23). The number of H-pyrrole nitrogens is 1. The number of aromatic nitrogens is 4. The summed E-state index contributed by atoms with van der Waals surface area (Å²) >= 11 is 1.28. The number of nitrogens with one attached hydrogen (secondary N) is 3. The van der Waals surface area contributed by atoms with E-state index in [4.69, 9.17) is 0 Å². The van der Waals surface area contributed by atoms with Crippen LogP contribution in [0, 0.1) is 6.92 Å². The number of hydrogen-bond acceptors (Lipinski definition) is 6. The van der Waals surface area contributed by atoms with Crippen molar-refractivity contribution in [2.45, 2.75) is 20.3 Å². The predicted molar refractivity (Wildman–Crippen MR) is 108 cm³/mol. The molecule has 3 heterocycles. The molecule has 1 aromatic carbocycles. The molecule has 0 aliphatic rings. The van der Waals surface area contributed by atoms with Gasteiger partial charge in [-0.1, -0.05) is 30.4 Å². The number of benzene rings is 1. The number of thiazole rings is 1. The lowest BCUT2D eigenvalue weighted by Gasteiger charge is -2.08. The third-order valence-corrected chi connectivity index (χ3v) is 5.12. The first kappa shape index (κ1) is 17.2. The zero-order valence-electron chi connectivity index (χ0n) is 14.9. The summed E-state index contributed by atoms with van der Waals surface area (Å²) in [6, 6.07) is 9.69. The van der Waals surface area contributed by atoms with E-state index >= 15 is 0 Å². The van der Waals surface area contributed by atoms with Crippen molar-refractivity contribution in [1.29, 1.82) is 0 Å². The van der Waals surface area contributed by atoms with Gasteiger partial charge in [-0.2, -0.15) is 5.10 Å². The zero-order valence-corrected chi connectivity index (χ0v) is 15.7. The molecule has 0 radical (unpaired) electrons. The minimum Gasteiger partial charge on any atom is -0.320 e. The molecule has 3 aromatic heterocycles. The number of amides is 1. The van der Waals surface area contributed by atoms with Gasteiger partial charge in [0.1, 0.15) is 10.7 Å². The fourth-order valence-electron chi connectivity index (χ4n) is 2.76. The number of anilines is 3. The van der Waals surface area contributed by atoms with Crippen molar-refractivity contribution in [3.8, 4) is 0 Å². The first-order chi connectivity index (χ1) is 13.1. The Morgan fingerprint density at radius 3 is 2.96 bits per heavy atom. The molecular weight excluding hydrogens is 360 g/mol. The van der Waals surface area contributed by atoms with Crippen LogP contribution in [0.5, 0.6) is 0 Å². The largest absolute Gasteiger partial charge is 0.320 e. The van der Waals surface area contributed by atoms with Gasteiger partial charge >= 0.3 is 0 Å². The second-order valence-corrected chi connectivity index (χ2v) is 7.10. The van der Waals surface area contributed by atoms with E-state index in [2.05, 4.69) is 37.7 Å². The average molecular weight is 378 g/mol. The summed E-state index contributed by atoms with van der Waals surface area (Å²) in [5.74, 6) is 0.516. The van der Waals surface area contributed by atoms with Crippen LogP contribution in [-0.2, 0) is 6.42 Å². The van der Waals surface area contributed by atoms with Gasteiger partial charge in [0.05, 0.1) is 23.6 Å². The summed E-state index contributed by atoms with van der Waals surface area (Å²) in [4.78, 5) is 22.0. The third-order valence-electron chi connectivity index (χ3n) is 4.20. The Morgan fingerprint density at radius 1 is 1.22 bits per heavy atom. The van der Waals surface area contributed by atoms with E-state index in [1.54, 1.807) is 12.4 Å². The van der Waals surface area contributed by atoms with Crippen LogP contribution >= 0.6 is 11.3 Å². The van der Waals surface area contributed by atoms with Gasteiger partial charge in [-0.25, -0.2) is 9.97 Å². The fraction of sp³-hybridized carbons (Fsp3) is 0.158. The maximum Gasteiger partial charge on any atom is 0.267 e. The minimum absolute atomic E-state index is 0.201. The molecule has 0 unspecified atom stereocenters. The highest BCUT2D eigenvalue weighted by Crippen LogP contribution is 2.28. The van der Waals surface area contributed by atoms with Crippen LogP contribution in [-0.4, -0.2) is 26.1 Å². The van der Waals surface area contributed by atoms with E-state index in [1.165, 1.54) is 11.3 Å². The summed E-state index contributed by atoms with van der Waals surface area (Å²) in [5, 5.41) is 14.6. The van der Waals surface area contributed by atoms with Crippen LogP contribution in [0.3, 0.4) is 0 Å². The molecule has 4 aromatic rings. The highest BCUT2D eigenvalue weighted by atomic mass is 32.1. The number of aromatic amines is 1. The smallest absolute Gasteiger partial charge is 0.267 e. The van der Waals surface area contributed by atoms with E-state index < -0.39 is 0 Å². The molecular formula is C19H18N6OS. The van der Waals surface area contributed by atoms with Gasteiger partial charge in [0, 0.05) is 11.1 Å². The molecule has 136 valence electrons. The minimum atomic E-state index is -0.201. The van der Waals surface area contributed by atoms with Gasteiger partial charge in [-0.15, -0.1) is 0 Å². The van der Waals surface area contributed by atoms with Crippen molar-refractivity contribution in [1.82, 2.24) is 20.2 Å². The predicted octanol–water partition coefficient (Wildman–Crippen LogP) is 4.28. The lowest BCUT2D eigenvalue weighted by molar-refractivity contribution is 0.103. The number of nitrogens with zero attached hydrogens (tertiary/aromatic N) is 3. The lowest BCUT2D eigenvalue weighted by atomic mass is 10.1. The van der Waals surface area contributed by atoms with Gasteiger partial charge in [0.25, 0.3) is 5.91 Å². The summed E-state index contributed by atoms with van der Waals surface area (Å²) < 4.78 is 0. The topological polar surface area (TPSA) is 95.6 Å². The number of fused-ring (bicyclic) bond motifs is 1. The SMILES string of the molecule is CCc1cccc(Nc2ncc(C(=O)Nc3c(C)ccc4[nH]ncc34)s2)n1. The molecule has 0 spiro atoms. The molecule has 0 fully saturated rings. The Hall–Kier alpha value is -3.26.